The smallest absolute Gasteiger partial charge is 0.262 e. The molecule has 0 radical (unpaired) electrons. The maximum absolute atomic E-state index is 13.2. The molecule has 4 rings (SSSR count). The summed E-state index contributed by atoms with van der Waals surface area (Å²) in [6, 6.07) is 24.4. The Kier molecular flexibility index (Phi) is 7.98. The molecule has 0 aliphatic heterocycles. The first-order valence-corrected chi connectivity index (χ1v) is 11.9. The monoisotopic (exact) mass is 484 g/mol. The van der Waals surface area contributed by atoms with E-state index < -0.39 is 6.04 Å². The maximum Gasteiger partial charge on any atom is 0.262 e. The van der Waals surface area contributed by atoms with Crippen LogP contribution in [0.3, 0.4) is 0 Å². The molecule has 0 aliphatic carbocycles. The zero-order chi connectivity index (χ0) is 24.5. The van der Waals surface area contributed by atoms with E-state index >= 15 is 0 Å². The molecule has 1 atom stereocenters. The van der Waals surface area contributed by atoms with Crippen molar-refractivity contribution in [2.24, 2.45) is 0 Å². The van der Waals surface area contributed by atoms with Crippen molar-refractivity contribution in [1.82, 2.24) is 15.6 Å². The van der Waals surface area contributed by atoms with Gasteiger partial charge in [0.05, 0.1) is 17.1 Å². The van der Waals surface area contributed by atoms with E-state index in [0.29, 0.717) is 29.1 Å². The van der Waals surface area contributed by atoms with Gasteiger partial charge in [-0.1, -0.05) is 48.5 Å². The van der Waals surface area contributed by atoms with Crippen molar-refractivity contribution in [3.8, 4) is 0 Å². The summed E-state index contributed by atoms with van der Waals surface area (Å²) in [7, 11) is 0. The van der Waals surface area contributed by atoms with Crippen LogP contribution in [0, 0.1) is 0 Å². The highest BCUT2D eigenvalue weighted by atomic mass is 32.1. The minimum Gasteiger partial charge on any atom is -0.346 e. The van der Waals surface area contributed by atoms with Gasteiger partial charge in [-0.2, -0.15) is 0 Å². The first kappa shape index (κ1) is 23.8. The van der Waals surface area contributed by atoms with Crippen LogP contribution in [0.2, 0.25) is 0 Å². The summed E-state index contributed by atoms with van der Waals surface area (Å²) < 4.78 is 0. The van der Waals surface area contributed by atoms with E-state index in [1.807, 2.05) is 53.9 Å². The maximum atomic E-state index is 13.2. The molecular formula is C27H24N4O3S. The number of nitrogens with one attached hydrogen (secondary N) is 3. The lowest BCUT2D eigenvalue weighted by Gasteiger charge is -2.19. The van der Waals surface area contributed by atoms with Gasteiger partial charge in [0.15, 0.2) is 0 Å². The van der Waals surface area contributed by atoms with Gasteiger partial charge in [0.2, 0.25) is 5.91 Å². The minimum atomic E-state index is -0.798. The Morgan fingerprint density at radius 1 is 0.857 bits per heavy atom. The molecule has 0 bridgehead atoms. The number of amides is 3. The number of pyridine rings is 1. The van der Waals surface area contributed by atoms with Crippen molar-refractivity contribution < 1.29 is 14.4 Å². The third-order valence-corrected chi connectivity index (χ3v) is 6.07. The standard InChI is InChI=1S/C27H24N4O3S/c32-25(29-18-22-11-4-5-14-28-22)20-10-6-12-21(17-20)30-26(33)23(16-19-8-2-1-3-9-19)31-27(34)24-13-7-15-35-24/h1-15,17,23H,16,18H2,(H,29,32)(H,30,33)(H,31,34). The van der Waals surface area contributed by atoms with Crippen molar-refractivity contribution in [3.05, 3.63) is 118 Å². The number of anilines is 1. The van der Waals surface area contributed by atoms with E-state index in [1.165, 1.54) is 11.3 Å². The number of hydrogen-bond donors (Lipinski definition) is 3. The summed E-state index contributed by atoms with van der Waals surface area (Å²) in [6.45, 7) is 0.296. The fourth-order valence-corrected chi connectivity index (χ4v) is 4.07. The van der Waals surface area contributed by atoms with Crippen molar-refractivity contribution in [2.45, 2.75) is 19.0 Å². The van der Waals surface area contributed by atoms with Gasteiger partial charge in [-0.25, -0.2) is 0 Å². The van der Waals surface area contributed by atoms with Crippen LogP contribution in [0.4, 0.5) is 5.69 Å². The third-order valence-electron chi connectivity index (χ3n) is 5.20. The van der Waals surface area contributed by atoms with Crippen LogP contribution in [-0.2, 0) is 17.8 Å². The number of hydrogen-bond acceptors (Lipinski definition) is 5. The lowest BCUT2D eigenvalue weighted by Crippen LogP contribution is -2.45. The highest BCUT2D eigenvalue weighted by Gasteiger charge is 2.23. The molecule has 2 aromatic heterocycles. The molecule has 3 amide bonds. The fourth-order valence-electron chi connectivity index (χ4n) is 3.44. The average molecular weight is 485 g/mol. The lowest BCUT2D eigenvalue weighted by atomic mass is 10.0. The number of nitrogens with zero attached hydrogens (tertiary/aromatic N) is 1. The summed E-state index contributed by atoms with van der Waals surface area (Å²) in [5.74, 6) is -0.956. The van der Waals surface area contributed by atoms with Crippen LogP contribution in [0.25, 0.3) is 0 Å². The van der Waals surface area contributed by atoms with Gasteiger partial charge in [0.1, 0.15) is 6.04 Å². The van der Waals surface area contributed by atoms with Gasteiger partial charge in [0.25, 0.3) is 11.8 Å². The third kappa shape index (κ3) is 6.84. The second-order valence-electron chi connectivity index (χ2n) is 7.77. The van der Waals surface area contributed by atoms with Gasteiger partial charge in [-0.05, 0) is 47.3 Å². The van der Waals surface area contributed by atoms with Crippen molar-refractivity contribution in [2.75, 3.05) is 5.32 Å². The Hall–Kier alpha value is -4.30. The summed E-state index contributed by atoms with van der Waals surface area (Å²) >= 11 is 1.31. The molecule has 3 N–H and O–H groups in total. The van der Waals surface area contributed by atoms with Crippen molar-refractivity contribution >= 4 is 34.7 Å². The van der Waals surface area contributed by atoms with Crippen LogP contribution in [-0.4, -0.2) is 28.7 Å². The van der Waals surface area contributed by atoms with E-state index in [9.17, 15) is 14.4 Å². The molecule has 2 heterocycles. The molecule has 0 saturated heterocycles. The van der Waals surface area contributed by atoms with Crippen molar-refractivity contribution in [3.63, 3.8) is 0 Å². The van der Waals surface area contributed by atoms with Gasteiger partial charge >= 0.3 is 0 Å². The Morgan fingerprint density at radius 3 is 2.43 bits per heavy atom. The summed E-state index contributed by atoms with van der Waals surface area (Å²) in [4.78, 5) is 43.2. The van der Waals surface area contributed by atoms with Gasteiger partial charge in [-0.15, -0.1) is 11.3 Å². The molecule has 0 spiro atoms. The number of aromatic nitrogens is 1. The second kappa shape index (κ2) is 11.7. The largest absolute Gasteiger partial charge is 0.346 e. The van der Waals surface area contributed by atoms with Crippen LogP contribution in [0.15, 0.2) is 96.5 Å². The Balaban J connectivity index is 1.44. The van der Waals surface area contributed by atoms with E-state index in [2.05, 4.69) is 20.9 Å². The zero-order valence-electron chi connectivity index (χ0n) is 18.8. The summed E-state index contributed by atoms with van der Waals surface area (Å²) in [5, 5.41) is 10.3. The molecule has 35 heavy (non-hydrogen) atoms. The van der Waals surface area contributed by atoms with E-state index in [0.717, 1.165) is 11.3 Å². The number of carbonyl (C=O) groups excluding carboxylic acids is 3. The molecule has 176 valence electrons. The number of carbonyl (C=O) groups is 3. The quantitative estimate of drug-likeness (QED) is 0.334. The number of benzene rings is 2. The lowest BCUT2D eigenvalue weighted by molar-refractivity contribution is -0.118. The van der Waals surface area contributed by atoms with Gasteiger partial charge < -0.3 is 16.0 Å². The first-order chi connectivity index (χ1) is 17.1. The highest BCUT2D eigenvalue weighted by Crippen LogP contribution is 2.14. The van der Waals surface area contributed by atoms with Gasteiger partial charge in [-0.3, -0.25) is 19.4 Å². The highest BCUT2D eigenvalue weighted by molar-refractivity contribution is 7.12. The summed E-state index contributed by atoms with van der Waals surface area (Å²) in [5.41, 5.74) is 2.53. The van der Waals surface area contributed by atoms with Crippen molar-refractivity contribution in [1.29, 1.82) is 0 Å². The molecule has 0 saturated carbocycles. The predicted molar refractivity (Wildman–Crippen MR) is 136 cm³/mol. The van der Waals surface area contributed by atoms with Crippen LogP contribution >= 0.6 is 11.3 Å². The number of thiophene rings is 1. The van der Waals surface area contributed by atoms with E-state index in [1.54, 1.807) is 42.6 Å². The Bertz CT molecular complexity index is 1280. The SMILES string of the molecule is O=C(NCc1ccccn1)c1cccc(NC(=O)C(Cc2ccccc2)NC(=O)c2cccs2)c1. The average Bonchev–Trinajstić information content (AvgIpc) is 3.44. The van der Waals surface area contributed by atoms with Crippen LogP contribution in [0.5, 0.6) is 0 Å². The molecule has 1 unspecified atom stereocenters. The van der Waals surface area contributed by atoms with E-state index in [-0.39, 0.29) is 17.7 Å². The van der Waals surface area contributed by atoms with Gasteiger partial charge in [0, 0.05) is 23.9 Å². The molecule has 0 aliphatic rings. The molecule has 2 aromatic carbocycles. The fraction of sp³-hybridized carbons (Fsp3) is 0.111. The Morgan fingerprint density at radius 2 is 1.69 bits per heavy atom. The molecule has 8 heteroatoms. The molecular weight excluding hydrogens is 460 g/mol. The zero-order valence-corrected chi connectivity index (χ0v) is 19.6. The minimum absolute atomic E-state index is 0.279. The predicted octanol–water partition coefficient (Wildman–Crippen LogP) is 4.05. The first-order valence-electron chi connectivity index (χ1n) is 11.1. The van der Waals surface area contributed by atoms with E-state index in [4.69, 9.17) is 0 Å². The molecule has 0 fully saturated rings. The molecule has 7 nitrogen and oxygen atoms in total. The Labute approximate surface area is 207 Å². The second-order valence-corrected chi connectivity index (χ2v) is 8.71. The normalized spacial score (nSPS) is 11.3. The van der Waals surface area contributed by atoms with Crippen LogP contribution in [0.1, 0.15) is 31.3 Å². The summed E-state index contributed by atoms with van der Waals surface area (Å²) in [6.07, 6.45) is 1.99. The van der Waals surface area contributed by atoms with Crippen LogP contribution < -0.4 is 16.0 Å². The molecule has 4 aromatic rings. The topological polar surface area (TPSA) is 100 Å². The number of rotatable bonds is 9.